The third-order valence-electron chi connectivity index (χ3n) is 5.59. The van der Waals surface area contributed by atoms with E-state index in [4.69, 9.17) is 4.74 Å². The molecule has 0 amide bonds. The molecule has 6 heteroatoms. The van der Waals surface area contributed by atoms with Crippen LogP contribution in [0.5, 0.6) is 0 Å². The number of hydrogen-bond donors (Lipinski definition) is 0. The van der Waals surface area contributed by atoms with E-state index in [1.165, 1.54) is 0 Å². The number of ether oxygens (including phenoxy) is 1. The molecule has 0 aliphatic heterocycles. The van der Waals surface area contributed by atoms with Crippen LogP contribution in [0.15, 0.2) is 46.5 Å². The lowest BCUT2D eigenvalue weighted by molar-refractivity contribution is -0.156. The second-order valence-electron chi connectivity index (χ2n) is 8.47. The molecule has 0 aliphatic carbocycles. The fourth-order valence-corrected chi connectivity index (χ4v) is 3.72. The van der Waals surface area contributed by atoms with E-state index in [0.717, 1.165) is 42.3 Å². The van der Waals surface area contributed by atoms with Gasteiger partial charge in [-0.2, -0.15) is 0 Å². The highest BCUT2D eigenvalue weighted by Gasteiger charge is 2.32. The van der Waals surface area contributed by atoms with Crippen molar-refractivity contribution in [3.05, 3.63) is 52.4 Å². The monoisotopic (exact) mass is 430 g/mol. The number of carbonyl (C=O) groups excluding carboxylic acids is 1. The summed E-state index contributed by atoms with van der Waals surface area (Å²) in [6.07, 6.45) is 5.62. The zero-order valence-corrected chi connectivity index (χ0v) is 19.6. The summed E-state index contributed by atoms with van der Waals surface area (Å²) >= 11 is 1.61. The van der Waals surface area contributed by atoms with Crippen LogP contribution in [0.2, 0.25) is 0 Å². The molecule has 30 heavy (non-hydrogen) atoms. The fraction of sp³-hybridized carbons (Fsp3) is 0.542. The first kappa shape index (κ1) is 24.2. The van der Waals surface area contributed by atoms with Crippen LogP contribution in [0.4, 0.5) is 0 Å². The fourth-order valence-electron chi connectivity index (χ4n) is 2.74. The molecule has 0 fully saturated rings. The van der Waals surface area contributed by atoms with E-state index in [2.05, 4.69) is 4.98 Å². The molecule has 0 N–H and O–H groups in total. The molecule has 1 heterocycles. The number of thioether (sulfide) groups is 1. The number of hydrogen-bond acceptors (Lipinski definition) is 5. The van der Waals surface area contributed by atoms with Gasteiger partial charge in [-0.25, -0.2) is 4.98 Å². The van der Waals surface area contributed by atoms with Crippen LogP contribution in [0.1, 0.15) is 58.9 Å². The molecular formula is C24H34N2O3S. The van der Waals surface area contributed by atoms with Gasteiger partial charge < -0.3 is 4.74 Å². The molecule has 1 aromatic heterocycles. The summed E-state index contributed by atoms with van der Waals surface area (Å²) in [6, 6.07) is 9.63. The van der Waals surface area contributed by atoms with Crippen molar-refractivity contribution in [2.45, 2.75) is 65.5 Å². The topological polar surface area (TPSA) is 61.2 Å². The number of aryl methyl sites for hydroxylation is 1. The second kappa shape index (κ2) is 11.3. The zero-order chi connectivity index (χ0) is 22.1. The molecule has 0 spiro atoms. The van der Waals surface area contributed by atoms with Gasteiger partial charge in [-0.3, -0.25) is 14.2 Å². The zero-order valence-electron chi connectivity index (χ0n) is 18.8. The third kappa shape index (κ3) is 6.46. The molecule has 5 nitrogen and oxygen atoms in total. The number of carbonyl (C=O) groups is 1. The van der Waals surface area contributed by atoms with Crippen LogP contribution < -0.4 is 5.56 Å². The number of aromatic nitrogens is 2. The van der Waals surface area contributed by atoms with Crippen LogP contribution in [-0.4, -0.2) is 27.9 Å². The van der Waals surface area contributed by atoms with Crippen LogP contribution >= 0.6 is 11.8 Å². The summed E-state index contributed by atoms with van der Waals surface area (Å²) in [6.45, 7) is 10.2. The van der Waals surface area contributed by atoms with Crippen molar-refractivity contribution in [1.29, 1.82) is 0 Å². The van der Waals surface area contributed by atoms with Crippen molar-refractivity contribution in [2.24, 2.45) is 11.3 Å². The third-order valence-corrected chi connectivity index (χ3v) is 6.63. The highest BCUT2D eigenvalue weighted by molar-refractivity contribution is 7.99. The normalized spacial score (nSPS) is 11.7. The first-order valence-electron chi connectivity index (χ1n) is 10.7. The van der Waals surface area contributed by atoms with Crippen molar-refractivity contribution in [2.75, 3.05) is 12.4 Å². The summed E-state index contributed by atoms with van der Waals surface area (Å²) < 4.78 is 7.13. The lowest BCUT2D eigenvalue weighted by atomic mass is 9.81. The van der Waals surface area contributed by atoms with E-state index < -0.39 is 5.41 Å². The Kier molecular flexibility index (Phi) is 9.15. The van der Waals surface area contributed by atoms with Gasteiger partial charge in [0.25, 0.3) is 5.56 Å². The summed E-state index contributed by atoms with van der Waals surface area (Å²) in [5, 5.41) is 0.724. The maximum Gasteiger partial charge on any atom is 0.311 e. The lowest BCUT2D eigenvalue weighted by Crippen LogP contribution is -2.32. The maximum atomic E-state index is 12.6. The highest BCUT2D eigenvalue weighted by Crippen LogP contribution is 2.27. The predicted octanol–water partition coefficient (Wildman–Crippen LogP) is 5.42. The number of nitrogens with zero attached hydrogens (tertiary/aromatic N) is 2. The Morgan fingerprint density at radius 2 is 1.80 bits per heavy atom. The largest absolute Gasteiger partial charge is 0.465 e. The number of unbranched alkanes of at least 4 members (excludes halogenated alkanes) is 3. The molecule has 0 atom stereocenters. The summed E-state index contributed by atoms with van der Waals surface area (Å²) in [7, 11) is 0. The average molecular weight is 431 g/mol. The number of rotatable bonds is 11. The number of esters is 1. The Hall–Kier alpha value is -2.08. The molecule has 0 aliphatic rings. The van der Waals surface area contributed by atoms with Crippen molar-refractivity contribution in [1.82, 2.24) is 9.55 Å². The van der Waals surface area contributed by atoms with E-state index in [1.807, 2.05) is 58.0 Å². The van der Waals surface area contributed by atoms with E-state index in [0.29, 0.717) is 12.2 Å². The van der Waals surface area contributed by atoms with Gasteiger partial charge in [0, 0.05) is 17.5 Å². The minimum atomic E-state index is -0.438. The summed E-state index contributed by atoms with van der Waals surface area (Å²) in [4.78, 5) is 29.3. The molecule has 0 bridgehead atoms. The minimum Gasteiger partial charge on any atom is -0.465 e. The Labute approximate surface area is 184 Å². The Morgan fingerprint density at radius 1 is 1.13 bits per heavy atom. The van der Waals surface area contributed by atoms with Crippen LogP contribution in [0.3, 0.4) is 0 Å². The van der Waals surface area contributed by atoms with Gasteiger partial charge in [-0.15, -0.1) is 0 Å². The Morgan fingerprint density at radius 3 is 2.47 bits per heavy atom. The van der Waals surface area contributed by atoms with Gasteiger partial charge in [0.2, 0.25) is 0 Å². The van der Waals surface area contributed by atoms with Crippen molar-refractivity contribution in [3.63, 3.8) is 0 Å². The van der Waals surface area contributed by atoms with Crippen molar-refractivity contribution >= 4 is 17.7 Å². The first-order chi connectivity index (χ1) is 14.2. The molecule has 0 saturated carbocycles. The quantitative estimate of drug-likeness (QED) is 0.206. The van der Waals surface area contributed by atoms with Crippen LogP contribution in [-0.2, 0) is 9.53 Å². The summed E-state index contributed by atoms with van der Waals surface area (Å²) in [5.41, 5.74) is 1.02. The molecule has 164 valence electrons. The molecule has 2 aromatic rings. The van der Waals surface area contributed by atoms with E-state index >= 15 is 0 Å². The molecule has 2 rings (SSSR count). The SMILES string of the molecule is Cc1cnc(SCCCCCCOC(=O)C(C)(C)C(C)C)n(-c2ccccc2)c1=O. The average Bonchev–Trinajstić information content (AvgIpc) is 2.72. The van der Waals surface area contributed by atoms with Crippen molar-refractivity contribution in [3.8, 4) is 5.69 Å². The number of para-hydroxylation sites is 1. The summed E-state index contributed by atoms with van der Waals surface area (Å²) in [5.74, 6) is 1.03. The molecule has 0 unspecified atom stereocenters. The highest BCUT2D eigenvalue weighted by atomic mass is 32.2. The van der Waals surface area contributed by atoms with E-state index in [-0.39, 0.29) is 17.4 Å². The van der Waals surface area contributed by atoms with Crippen LogP contribution in [0, 0.1) is 18.3 Å². The van der Waals surface area contributed by atoms with E-state index in [9.17, 15) is 9.59 Å². The van der Waals surface area contributed by atoms with E-state index in [1.54, 1.807) is 29.4 Å². The molecule has 1 aromatic carbocycles. The van der Waals surface area contributed by atoms with Gasteiger partial charge in [0.05, 0.1) is 17.7 Å². The number of benzene rings is 1. The van der Waals surface area contributed by atoms with Gasteiger partial charge in [0.15, 0.2) is 5.16 Å². The van der Waals surface area contributed by atoms with Gasteiger partial charge >= 0.3 is 5.97 Å². The first-order valence-corrected chi connectivity index (χ1v) is 11.7. The smallest absolute Gasteiger partial charge is 0.311 e. The standard InChI is InChI=1S/C24H34N2O3S/c1-18(2)24(4,5)22(28)29-15-11-6-7-12-16-30-23-25-17-19(3)21(27)26(23)20-13-9-8-10-14-20/h8-10,13-14,17-18H,6-7,11-12,15-16H2,1-5H3. The van der Waals surface area contributed by atoms with Gasteiger partial charge in [0.1, 0.15) is 0 Å². The lowest BCUT2D eigenvalue weighted by Gasteiger charge is -2.26. The van der Waals surface area contributed by atoms with Crippen LogP contribution in [0.25, 0.3) is 5.69 Å². The van der Waals surface area contributed by atoms with Gasteiger partial charge in [-0.1, -0.05) is 56.7 Å². The maximum absolute atomic E-state index is 12.6. The van der Waals surface area contributed by atoms with Crippen molar-refractivity contribution < 1.29 is 9.53 Å². The Bertz CT molecular complexity index is 876. The molecule has 0 saturated heterocycles. The molecular weight excluding hydrogens is 396 g/mol. The Balaban J connectivity index is 1.76. The second-order valence-corrected chi connectivity index (χ2v) is 9.54. The molecule has 0 radical (unpaired) electrons. The minimum absolute atomic E-state index is 0.0233. The van der Waals surface area contributed by atoms with Gasteiger partial charge in [-0.05, 0) is 51.7 Å². The predicted molar refractivity (Wildman–Crippen MR) is 123 cm³/mol.